The second-order valence-corrected chi connectivity index (χ2v) is 3.98. The molecule has 2 nitrogen and oxygen atoms in total. The number of rotatable bonds is 6. The molecule has 0 amide bonds. The van der Waals surface area contributed by atoms with Crippen LogP contribution in [-0.2, 0) is 4.74 Å². The molecule has 0 saturated carbocycles. The van der Waals surface area contributed by atoms with E-state index in [1.165, 1.54) is 12.1 Å². The van der Waals surface area contributed by atoms with Gasteiger partial charge >= 0.3 is 0 Å². The summed E-state index contributed by atoms with van der Waals surface area (Å²) in [7, 11) is 0. The second kappa shape index (κ2) is 6.80. The summed E-state index contributed by atoms with van der Waals surface area (Å²) in [5, 5.41) is 0. The van der Waals surface area contributed by atoms with Gasteiger partial charge in [-0.15, -0.1) is 0 Å². The number of ether oxygens (including phenoxy) is 2. The van der Waals surface area contributed by atoms with Gasteiger partial charge in [0.1, 0.15) is 18.2 Å². The first-order chi connectivity index (χ1) is 7.22. The SMILES string of the molecule is CCCOCCOc1cc(F)cc(Br)c1. The fourth-order valence-electron chi connectivity index (χ4n) is 1.08. The highest BCUT2D eigenvalue weighted by Crippen LogP contribution is 2.20. The van der Waals surface area contributed by atoms with Crippen molar-refractivity contribution in [3.05, 3.63) is 28.5 Å². The Bertz CT molecular complexity index is 284. The lowest BCUT2D eigenvalue weighted by molar-refractivity contribution is 0.100. The molecular weight excluding hydrogens is 263 g/mol. The lowest BCUT2D eigenvalue weighted by Gasteiger charge is -2.07. The molecule has 4 heteroatoms. The van der Waals surface area contributed by atoms with Gasteiger partial charge in [-0.2, -0.15) is 0 Å². The van der Waals surface area contributed by atoms with Gasteiger partial charge in [0.25, 0.3) is 0 Å². The van der Waals surface area contributed by atoms with Crippen LogP contribution in [0.25, 0.3) is 0 Å². The van der Waals surface area contributed by atoms with Crippen LogP contribution in [0.2, 0.25) is 0 Å². The van der Waals surface area contributed by atoms with E-state index in [0.717, 1.165) is 13.0 Å². The van der Waals surface area contributed by atoms with Crippen molar-refractivity contribution in [3.8, 4) is 5.75 Å². The van der Waals surface area contributed by atoms with Gasteiger partial charge in [-0.1, -0.05) is 22.9 Å². The third-order valence-electron chi connectivity index (χ3n) is 1.68. The van der Waals surface area contributed by atoms with Crippen LogP contribution >= 0.6 is 15.9 Å². The topological polar surface area (TPSA) is 18.5 Å². The molecule has 0 spiro atoms. The molecule has 0 heterocycles. The van der Waals surface area contributed by atoms with E-state index in [1.807, 2.05) is 6.92 Å². The molecule has 0 bridgehead atoms. The molecule has 0 aliphatic rings. The quantitative estimate of drug-likeness (QED) is 0.742. The minimum absolute atomic E-state index is 0.311. The number of hydrogen-bond acceptors (Lipinski definition) is 2. The van der Waals surface area contributed by atoms with Crippen molar-refractivity contribution in [2.75, 3.05) is 19.8 Å². The van der Waals surface area contributed by atoms with Crippen molar-refractivity contribution in [2.24, 2.45) is 0 Å². The van der Waals surface area contributed by atoms with Gasteiger partial charge in [-0.25, -0.2) is 4.39 Å². The first-order valence-electron chi connectivity index (χ1n) is 4.89. The molecule has 0 aromatic heterocycles. The van der Waals surface area contributed by atoms with Crippen LogP contribution in [0.1, 0.15) is 13.3 Å². The summed E-state index contributed by atoms with van der Waals surface area (Å²) in [6.45, 7) is 3.75. The third-order valence-corrected chi connectivity index (χ3v) is 2.14. The zero-order valence-electron chi connectivity index (χ0n) is 8.63. The number of benzene rings is 1. The van der Waals surface area contributed by atoms with E-state index in [9.17, 15) is 4.39 Å². The predicted octanol–water partition coefficient (Wildman–Crippen LogP) is 3.39. The van der Waals surface area contributed by atoms with E-state index < -0.39 is 0 Å². The van der Waals surface area contributed by atoms with E-state index in [2.05, 4.69) is 15.9 Å². The summed E-state index contributed by atoms with van der Waals surface area (Å²) < 4.78 is 24.1. The Hall–Kier alpha value is -0.610. The zero-order valence-corrected chi connectivity index (χ0v) is 10.2. The van der Waals surface area contributed by atoms with E-state index in [0.29, 0.717) is 23.4 Å². The maximum absolute atomic E-state index is 12.9. The number of halogens is 2. The molecule has 1 aromatic carbocycles. The standard InChI is InChI=1S/C11H14BrFO2/c1-2-3-14-4-5-15-11-7-9(12)6-10(13)8-11/h6-8H,2-5H2,1H3. The van der Waals surface area contributed by atoms with Gasteiger partial charge in [-0.3, -0.25) is 0 Å². The molecule has 1 rings (SSSR count). The average molecular weight is 277 g/mol. The normalized spacial score (nSPS) is 10.3. The molecule has 0 unspecified atom stereocenters. The van der Waals surface area contributed by atoms with E-state index in [1.54, 1.807) is 6.07 Å². The van der Waals surface area contributed by atoms with Gasteiger partial charge in [0, 0.05) is 17.1 Å². The van der Waals surface area contributed by atoms with Crippen LogP contribution in [0, 0.1) is 5.82 Å². The van der Waals surface area contributed by atoms with Gasteiger partial charge in [0.05, 0.1) is 6.61 Å². The second-order valence-electron chi connectivity index (χ2n) is 3.07. The molecule has 0 N–H and O–H groups in total. The van der Waals surface area contributed by atoms with Gasteiger partial charge in [-0.05, 0) is 18.6 Å². The summed E-state index contributed by atoms with van der Waals surface area (Å²) in [4.78, 5) is 0. The molecule has 0 fully saturated rings. The first kappa shape index (κ1) is 12.5. The Morgan fingerprint density at radius 1 is 1.20 bits per heavy atom. The Kier molecular flexibility index (Phi) is 5.65. The molecule has 0 radical (unpaired) electrons. The summed E-state index contributed by atoms with van der Waals surface area (Å²) in [5.41, 5.74) is 0. The lowest BCUT2D eigenvalue weighted by Crippen LogP contribution is -2.07. The van der Waals surface area contributed by atoms with Crippen LogP contribution in [-0.4, -0.2) is 19.8 Å². The van der Waals surface area contributed by atoms with Crippen LogP contribution in [0.4, 0.5) is 4.39 Å². The molecular formula is C11H14BrFO2. The minimum atomic E-state index is -0.311. The van der Waals surface area contributed by atoms with Crippen molar-refractivity contribution >= 4 is 15.9 Å². The molecule has 0 saturated heterocycles. The van der Waals surface area contributed by atoms with Gasteiger partial charge in [0.2, 0.25) is 0 Å². The largest absolute Gasteiger partial charge is 0.491 e. The number of hydrogen-bond donors (Lipinski definition) is 0. The van der Waals surface area contributed by atoms with Crippen LogP contribution in [0.3, 0.4) is 0 Å². The predicted molar refractivity (Wildman–Crippen MR) is 60.7 cm³/mol. The highest BCUT2D eigenvalue weighted by molar-refractivity contribution is 9.10. The minimum Gasteiger partial charge on any atom is -0.491 e. The van der Waals surface area contributed by atoms with Crippen molar-refractivity contribution in [1.29, 1.82) is 0 Å². The van der Waals surface area contributed by atoms with E-state index >= 15 is 0 Å². The fourth-order valence-corrected chi connectivity index (χ4v) is 1.52. The maximum atomic E-state index is 12.9. The Morgan fingerprint density at radius 3 is 2.67 bits per heavy atom. The summed E-state index contributed by atoms with van der Waals surface area (Å²) in [6.07, 6.45) is 0.992. The monoisotopic (exact) mass is 276 g/mol. The first-order valence-corrected chi connectivity index (χ1v) is 5.68. The van der Waals surface area contributed by atoms with Crippen molar-refractivity contribution in [3.63, 3.8) is 0 Å². The van der Waals surface area contributed by atoms with Crippen LogP contribution < -0.4 is 4.74 Å². The smallest absolute Gasteiger partial charge is 0.128 e. The molecule has 15 heavy (non-hydrogen) atoms. The molecule has 84 valence electrons. The summed E-state index contributed by atoms with van der Waals surface area (Å²) >= 11 is 3.20. The van der Waals surface area contributed by atoms with Gasteiger partial charge in [0.15, 0.2) is 0 Å². The molecule has 1 aromatic rings. The Balaban J connectivity index is 2.31. The summed E-state index contributed by atoms with van der Waals surface area (Å²) in [5.74, 6) is 0.204. The molecule has 0 aliphatic heterocycles. The fraction of sp³-hybridized carbons (Fsp3) is 0.455. The third kappa shape index (κ3) is 5.14. The highest BCUT2D eigenvalue weighted by Gasteiger charge is 1.99. The maximum Gasteiger partial charge on any atom is 0.128 e. The van der Waals surface area contributed by atoms with Crippen molar-refractivity contribution in [2.45, 2.75) is 13.3 Å². The lowest BCUT2D eigenvalue weighted by atomic mass is 10.3. The average Bonchev–Trinajstić information content (AvgIpc) is 2.16. The van der Waals surface area contributed by atoms with Crippen molar-refractivity contribution < 1.29 is 13.9 Å². The zero-order chi connectivity index (χ0) is 11.1. The van der Waals surface area contributed by atoms with E-state index in [-0.39, 0.29) is 5.82 Å². The van der Waals surface area contributed by atoms with Crippen LogP contribution in [0.15, 0.2) is 22.7 Å². The van der Waals surface area contributed by atoms with Crippen LogP contribution in [0.5, 0.6) is 5.75 Å². The molecule has 0 atom stereocenters. The Labute approximate surface area is 97.5 Å². The van der Waals surface area contributed by atoms with E-state index in [4.69, 9.17) is 9.47 Å². The Morgan fingerprint density at radius 2 is 2.00 bits per heavy atom. The van der Waals surface area contributed by atoms with Gasteiger partial charge < -0.3 is 9.47 Å². The molecule has 0 aliphatic carbocycles. The summed E-state index contributed by atoms with van der Waals surface area (Å²) in [6, 6.07) is 4.47. The highest BCUT2D eigenvalue weighted by atomic mass is 79.9. The van der Waals surface area contributed by atoms with Crippen molar-refractivity contribution in [1.82, 2.24) is 0 Å².